The smallest absolute Gasteiger partial charge is 0.317 e. The molecule has 0 radical (unpaired) electrons. The highest BCUT2D eigenvalue weighted by Gasteiger charge is 2.31. The maximum atomic E-state index is 12.5. The highest BCUT2D eigenvalue weighted by atomic mass is 16.6. The van der Waals surface area contributed by atoms with Gasteiger partial charge in [-0.05, 0) is 64.7 Å². The highest BCUT2D eigenvalue weighted by molar-refractivity contribution is 5.81. The lowest BCUT2D eigenvalue weighted by atomic mass is 9.90. The molecule has 1 aromatic rings. The molecule has 2 amide bonds. The number of esters is 2. The van der Waals surface area contributed by atoms with E-state index < -0.39 is 28.8 Å². The van der Waals surface area contributed by atoms with Crippen molar-refractivity contribution in [3.63, 3.8) is 0 Å². The molecule has 7 heteroatoms. The maximum absolute atomic E-state index is 12.5. The first kappa shape index (κ1) is 23.5. The highest BCUT2D eigenvalue weighted by Crippen LogP contribution is 2.34. The number of benzene rings is 1. The van der Waals surface area contributed by atoms with Gasteiger partial charge in [0.15, 0.2) is 11.5 Å². The van der Waals surface area contributed by atoms with Gasteiger partial charge in [0.05, 0.1) is 10.8 Å². The summed E-state index contributed by atoms with van der Waals surface area (Å²) in [5.74, 6) is -0.429. The van der Waals surface area contributed by atoms with Gasteiger partial charge in [0.1, 0.15) is 0 Å². The number of carbonyl (C=O) groups excluding carboxylic acids is 3. The van der Waals surface area contributed by atoms with Crippen molar-refractivity contribution in [2.24, 2.45) is 16.6 Å². The van der Waals surface area contributed by atoms with Crippen LogP contribution in [0.25, 0.3) is 0 Å². The van der Waals surface area contributed by atoms with Crippen molar-refractivity contribution in [1.82, 2.24) is 5.32 Å². The summed E-state index contributed by atoms with van der Waals surface area (Å²) in [4.78, 5) is 35.8. The fourth-order valence-corrected chi connectivity index (χ4v) is 1.97. The molecule has 156 valence electrons. The van der Waals surface area contributed by atoms with Crippen molar-refractivity contribution in [1.29, 1.82) is 0 Å². The SMILES string of the molecule is CCC(C)(C)C(=O)Oc1ccc(CCNC(N)=O)cc1OC(=O)C(C)(C)CC. The van der Waals surface area contributed by atoms with E-state index in [-0.39, 0.29) is 11.5 Å². The lowest BCUT2D eigenvalue weighted by Gasteiger charge is -2.23. The zero-order valence-corrected chi connectivity index (χ0v) is 17.7. The van der Waals surface area contributed by atoms with Gasteiger partial charge in [-0.3, -0.25) is 9.59 Å². The van der Waals surface area contributed by atoms with Gasteiger partial charge in [0.2, 0.25) is 0 Å². The number of hydrogen-bond acceptors (Lipinski definition) is 5. The monoisotopic (exact) mass is 392 g/mol. The topological polar surface area (TPSA) is 108 Å². The maximum Gasteiger partial charge on any atom is 0.317 e. The van der Waals surface area contributed by atoms with Gasteiger partial charge in [-0.15, -0.1) is 0 Å². The molecule has 0 atom stereocenters. The van der Waals surface area contributed by atoms with E-state index >= 15 is 0 Å². The number of primary amides is 1. The molecule has 0 spiro atoms. The fourth-order valence-electron chi connectivity index (χ4n) is 1.97. The average Bonchev–Trinajstić information content (AvgIpc) is 2.63. The summed E-state index contributed by atoms with van der Waals surface area (Å²) in [6.45, 7) is 11.3. The lowest BCUT2D eigenvalue weighted by Crippen LogP contribution is -2.31. The molecule has 0 heterocycles. The van der Waals surface area contributed by atoms with Gasteiger partial charge in [-0.25, -0.2) is 4.79 Å². The summed E-state index contributed by atoms with van der Waals surface area (Å²) in [5.41, 5.74) is 4.55. The van der Waals surface area contributed by atoms with Crippen molar-refractivity contribution in [3.8, 4) is 11.5 Å². The van der Waals surface area contributed by atoms with E-state index in [1.165, 1.54) is 0 Å². The standard InChI is InChI=1S/C21H32N2O5/c1-7-20(3,4)17(24)27-15-10-9-14(11-12-23-19(22)26)13-16(15)28-18(25)21(5,6)8-2/h9-10,13H,7-8,11-12H2,1-6H3,(H3,22,23,26). The average molecular weight is 392 g/mol. The summed E-state index contributed by atoms with van der Waals surface area (Å²) < 4.78 is 11.1. The summed E-state index contributed by atoms with van der Waals surface area (Å²) in [6.07, 6.45) is 1.70. The van der Waals surface area contributed by atoms with Crippen molar-refractivity contribution in [2.45, 2.75) is 60.8 Å². The van der Waals surface area contributed by atoms with Crippen molar-refractivity contribution in [3.05, 3.63) is 23.8 Å². The Bertz CT molecular complexity index is 726. The molecule has 0 fully saturated rings. The Labute approximate surface area is 167 Å². The molecule has 0 aromatic heterocycles. The fraction of sp³-hybridized carbons (Fsp3) is 0.571. The second kappa shape index (κ2) is 9.57. The van der Waals surface area contributed by atoms with Gasteiger partial charge < -0.3 is 20.5 Å². The molecule has 0 saturated carbocycles. The Morgan fingerprint density at radius 1 is 0.929 bits per heavy atom. The van der Waals surface area contributed by atoms with Gasteiger partial charge in [-0.1, -0.05) is 19.9 Å². The second-order valence-electron chi connectivity index (χ2n) is 8.08. The molecule has 0 aliphatic rings. The Hall–Kier alpha value is -2.57. The van der Waals surface area contributed by atoms with Crippen LogP contribution in [0.5, 0.6) is 11.5 Å². The van der Waals surface area contributed by atoms with E-state index in [1.54, 1.807) is 45.9 Å². The molecule has 1 aromatic carbocycles. The third-order valence-corrected chi connectivity index (χ3v) is 5.00. The minimum absolute atomic E-state index is 0.184. The van der Waals surface area contributed by atoms with Crippen molar-refractivity contribution in [2.75, 3.05) is 6.54 Å². The van der Waals surface area contributed by atoms with Crippen LogP contribution in [-0.4, -0.2) is 24.5 Å². The largest absolute Gasteiger partial charge is 0.422 e. The van der Waals surface area contributed by atoms with Crippen molar-refractivity contribution < 1.29 is 23.9 Å². The molecule has 3 N–H and O–H groups in total. The van der Waals surface area contributed by atoms with Crippen LogP contribution >= 0.6 is 0 Å². The van der Waals surface area contributed by atoms with E-state index in [0.717, 1.165) is 5.56 Å². The van der Waals surface area contributed by atoms with Gasteiger partial charge >= 0.3 is 18.0 Å². The van der Waals surface area contributed by atoms with Crippen LogP contribution in [0.1, 0.15) is 59.9 Å². The number of ether oxygens (including phenoxy) is 2. The van der Waals surface area contributed by atoms with Crippen molar-refractivity contribution >= 4 is 18.0 Å². The second-order valence-corrected chi connectivity index (χ2v) is 8.08. The number of carbonyl (C=O) groups is 3. The molecule has 0 aliphatic heterocycles. The molecular weight excluding hydrogens is 360 g/mol. The minimum atomic E-state index is -0.673. The number of urea groups is 1. The number of nitrogens with one attached hydrogen (secondary N) is 1. The first-order valence-electron chi connectivity index (χ1n) is 9.53. The summed E-state index contributed by atoms with van der Waals surface area (Å²) in [7, 11) is 0. The summed E-state index contributed by atoms with van der Waals surface area (Å²) >= 11 is 0. The summed E-state index contributed by atoms with van der Waals surface area (Å²) in [5, 5.41) is 2.51. The Morgan fingerprint density at radius 2 is 1.43 bits per heavy atom. The Balaban J connectivity index is 3.14. The van der Waals surface area contributed by atoms with Crippen LogP contribution in [0.15, 0.2) is 18.2 Å². The number of hydrogen-bond donors (Lipinski definition) is 2. The molecule has 0 unspecified atom stereocenters. The van der Waals surface area contributed by atoms with Crippen LogP contribution in [0.4, 0.5) is 4.79 Å². The van der Waals surface area contributed by atoms with Gasteiger partial charge in [0, 0.05) is 6.54 Å². The first-order chi connectivity index (χ1) is 12.9. The molecule has 0 aliphatic carbocycles. The van der Waals surface area contributed by atoms with E-state index in [4.69, 9.17) is 15.2 Å². The molecule has 0 saturated heterocycles. The van der Waals surface area contributed by atoms with E-state index in [9.17, 15) is 14.4 Å². The predicted molar refractivity (Wildman–Crippen MR) is 107 cm³/mol. The van der Waals surface area contributed by atoms with Crippen LogP contribution in [-0.2, 0) is 16.0 Å². The minimum Gasteiger partial charge on any atom is -0.422 e. The van der Waals surface area contributed by atoms with Crippen LogP contribution in [0.3, 0.4) is 0 Å². The van der Waals surface area contributed by atoms with E-state index in [1.807, 2.05) is 13.8 Å². The number of rotatable bonds is 9. The van der Waals surface area contributed by atoms with Crippen LogP contribution in [0, 0.1) is 10.8 Å². The molecule has 1 rings (SSSR count). The molecular formula is C21H32N2O5. The number of amides is 2. The van der Waals surface area contributed by atoms with E-state index in [2.05, 4.69) is 5.32 Å². The zero-order chi connectivity index (χ0) is 21.5. The van der Waals surface area contributed by atoms with Crippen LogP contribution in [0.2, 0.25) is 0 Å². The quantitative estimate of drug-likeness (QED) is 0.493. The normalized spacial score (nSPS) is 11.6. The Morgan fingerprint density at radius 3 is 1.89 bits per heavy atom. The van der Waals surface area contributed by atoms with E-state index in [0.29, 0.717) is 25.8 Å². The zero-order valence-electron chi connectivity index (χ0n) is 17.7. The molecule has 7 nitrogen and oxygen atoms in total. The predicted octanol–water partition coefficient (Wildman–Crippen LogP) is 3.58. The molecule has 0 bridgehead atoms. The molecule has 28 heavy (non-hydrogen) atoms. The van der Waals surface area contributed by atoms with Gasteiger partial charge in [0.25, 0.3) is 0 Å². The third-order valence-electron chi connectivity index (χ3n) is 5.00. The number of nitrogens with two attached hydrogens (primary N) is 1. The van der Waals surface area contributed by atoms with Gasteiger partial charge in [-0.2, -0.15) is 0 Å². The Kier molecular flexibility index (Phi) is 8.02. The first-order valence-corrected chi connectivity index (χ1v) is 9.53. The third kappa shape index (κ3) is 6.55. The van der Waals surface area contributed by atoms with Crippen LogP contribution < -0.4 is 20.5 Å². The lowest BCUT2D eigenvalue weighted by molar-refractivity contribution is -0.147. The summed E-state index contributed by atoms with van der Waals surface area (Å²) in [6, 6.07) is 4.40.